The Labute approximate surface area is 107 Å². The second kappa shape index (κ2) is 5.33. The van der Waals surface area contributed by atoms with Gasteiger partial charge in [-0.1, -0.05) is 15.9 Å². The SMILES string of the molecule is CC(C)N(C)S(=O)(=O)NCC1(CCBr)CC1. The van der Waals surface area contributed by atoms with E-state index in [4.69, 9.17) is 0 Å². The molecule has 1 aliphatic rings. The molecule has 0 aromatic carbocycles. The van der Waals surface area contributed by atoms with Crippen molar-refractivity contribution in [2.24, 2.45) is 5.41 Å². The van der Waals surface area contributed by atoms with Gasteiger partial charge in [-0.3, -0.25) is 0 Å². The number of hydrogen-bond donors (Lipinski definition) is 1. The molecule has 4 nitrogen and oxygen atoms in total. The average molecular weight is 313 g/mol. The van der Waals surface area contributed by atoms with Gasteiger partial charge in [0.05, 0.1) is 0 Å². The van der Waals surface area contributed by atoms with Crippen LogP contribution < -0.4 is 4.72 Å². The first kappa shape index (κ1) is 14.4. The highest BCUT2D eigenvalue weighted by Crippen LogP contribution is 2.48. The van der Waals surface area contributed by atoms with Gasteiger partial charge in [0, 0.05) is 25.0 Å². The lowest BCUT2D eigenvalue weighted by Crippen LogP contribution is -2.43. The normalized spacial score (nSPS) is 19.4. The van der Waals surface area contributed by atoms with Gasteiger partial charge in [-0.25, -0.2) is 4.72 Å². The molecule has 96 valence electrons. The van der Waals surface area contributed by atoms with Crippen LogP contribution in [0, 0.1) is 5.41 Å². The van der Waals surface area contributed by atoms with Gasteiger partial charge in [0.2, 0.25) is 0 Å². The molecule has 0 saturated heterocycles. The summed E-state index contributed by atoms with van der Waals surface area (Å²) in [4.78, 5) is 0. The second-order valence-corrected chi connectivity index (χ2v) is 7.48. The first-order valence-electron chi connectivity index (χ1n) is 5.62. The van der Waals surface area contributed by atoms with E-state index >= 15 is 0 Å². The molecule has 1 rings (SSSR count). The number of nitrogens with one attached hydrogen (secondary N) is 1. The lowest BCUT2D eigenvalue weighted by atomic mass is 10.1. The minimum absolute atomic E-state index is 0.0103. The van der Waals surface area contributed by atoms with E-state index in [2.05, 4.69) is 20.7 Å². The van der Waals surface area contributed by atoms with E-state index in [0.29, 0.717) is 6.54 Å². The Morgan fingerprint density at radius 1 is 1.44 bits per heavy atom. The van der Waals surface area contributed by atoms with Gasteiger partial charge in [-0.2, -0.15) is 12.7 Å². The van der Waals surface area contributed by atoms with Crippen LogP contribution >= 0.6 is 15.9 Å². The van der Waals surface area contributed by atoms with Crippen LogP contribution in [-0.4, -0.2) is 37.7 Å². The first-order valence-corrected chi connectivity index (χ1v) is 8.18. The van der Waals surface area contributed by atoms with Gasteiger partial charge in [0.25, 0.3) is 10.2 Å². The highest BCUT2D eigenvalue weighted by Gasteiger charge is 2.42. The molecule has 0 atom stereocenters. The summed E-state index contributed by atoms with van der Waals surface area (Å²) in [5.41, 5.74) is 0.217. The summed E-state index contributed by atoms with van der Waals surface area (Å²) in [6, 6.07) is -0.0103. The molecule has 1 aliphatic carbocycles. The molecule has 0 amide bonds. The molecule has 0 spiro atoms. The van der Waals surface area contributed by atoms with E-state index in [9.17, 15) is 8.42 Å². The maximum atomic E-state index is 11.9. The van der Waals surface area contributed by atoms with Crippen LogP contribution in [0.25, 0.3) is 0 Å². The topological polar surface area (TPSA) is 49.4 Å². The van der Waals surface area contributed by atoms with Crippen molar-refractivity contribution in [2.45, 2.75) is 39.2 Å². The fourth-order valence-electron chi connectivity index (χ4n) is 1.52. The third-order valence-electron chi connectivity index (χ3n) is 3.32. The molecule has 1 saturated carbocycles. The summed E-state index contributed by atoms with van der Waals surface area (Å²) in [5.74, 6) is 0. The number of rotatable bonds is 7. The van der Waals surface area contributed by atoms with Gasteiger partial charge < -0.3 is 0 Å². The number of nitrogens with zero attached hydrogens (tertiary/aromatic N) is 1. The number of halogens is 1. The molecule has 16 heavy (non-hydrogen) atoms. The van der Waals surface area contributed by atoms with Crippen LogP contribution in [0.2, 0.25) is 0 Å². The Hall–Kier alpha value is 0.350. The maximum absolute atomic E-state index is 11.9. The van der Waals surface area contributed by atoms with Crippen LogP contribution in [0.1, 0.15) is 33.1 Å². The largest absolute Gasteiger partial charge is 0.279 e. The van der Waals surface area contributed by atoms with Gasteiger partial charge >= 0.3 is 0 Å². The Kier molecular flexibility index (Phi) is 4.80. The fraction of sp³-hybridized carbons (Fsp3) is 1.00. The van der Waals surface area contributed by atoms with E-state index in [1.165, 1.54) is 4.31 Å². The molecule has 6 heteroatoms. The Morgan fingerprint density at radius 3 is 2.38 bits per heavy atom. The lowest BCUT2D eigenvalue weighted by Gasteiger charge is -2.23. The quantitative estimate of drug-likeness (QED) is 0.728. The van der Waals surface area contributed by atoms with Crippen LogP contribution in [-0.2, 0) is 10.2 Å². The Balaban J connectivity index is 2.48. The van der Waals surface area contributed by atoms with Crippen molar-refractivity contribution < 1.29 is 8.42 Å². The van der Waals surface area contributed by atoms with Crippen LogP contribution in [0.3, 0.4) is 0 Å². The van der Waals surface area contributed by atoms with Gasteiger partial charge in [-0.15, -0.1) is 0 Å². The van der Waals surface area contributed by atoms with E-state index < -0.39 is 10.2 Å². The van der Waals surface area contributed by atoms with Crippen molar-refractivity contribution in [2.75, 3.05) is 18.9 Å². The maximum Gasteiger partial charge on any atom is 0.279 e. The Bertz CT molecular complexity index is 326. The summed E-state index contributed by atoms with van der Waals surface area (Å²) in [6.07, 6.45) is 3.31. The average Bonchev–Trinajstić information content (AvgIpc) is 2.95. The summed E-state index contributed by atoms with van der Waals surface area (Å²) in [6.45, 7) is 4.30. The van der Waals surface area contributed by atoms with Crippen LogP contribution in [0.4, 0.5) is 0 Å². The first-order chi connectivity index (χ1) is 7.33. The van der Waals surface area contributed by atoms with Crippen molar-refractivity contribution in [3.05, 3.63) is 0 Å². The summed E-state index contributed by atoms with van der Waals surface area (Å²) >= 11 is 3.41. The van der Waals surface area contributed by atoms with Gasteiger partial charge in [0.15, 0.2) is 0 Å². The molecular formula is C10H21BrN2O2S. The molecule has 1 fully saturated rings. The Morgan fingerprint density at radius 2 is 2.00 bits per heavy atom. The molecule has 0 heterocycles. The predicted molar refractivity (Wildman–Crippen MR) is 69.9 cm³/mol. The number of hydrogen-bond acceptors (Lipinski definition) is 2. The molecule has 0 aliphatic heterocycles. The third kappa shape index (κ3) is 3.68. The van der Waals surface area contributed by atoms with E-state index in [1.54, 1.807) is 7.05 Å². The zero-order chi connectivity index (χ0) is 12.4. The highest BCUT2D eigenvalue weighted by molar-refractivity contribution is 9.09. The minimum Gasteiger partial charge on any atom is -0.202 e. The van der Waals surface area contributed by atoms with Gasteiger partial charge in [0.1, 0.15) is 0 Å². The second-order valence-electron chi connectivity index (χ2n) is 4.88. The number of alkyl halides is 1. The third-order valence-corrected chi connectivity index (χ3v) is 5.40. The zero-order valence-corrected chi connectivity index (χ0v) is 12.6. The van der Waals surface area contributed by atoms with Crippen molar-refractivity contribution in [3.63, 3.8) is 0 Å². The smallest absolute Gasteiger partial charge is 0.202 e. The van der Waals surface area contributed by atoms with E-state index in [1.807, 2.05) is 13.8 Å². The molecule has 0 bridgehead atoms. The van der Waals surface area contributed by atoms with Crippen LogP contribution in [0.5, 0.6) is 0 Å². The lowest BCUT2D eigenvalue weighted by molar-refractivity contribution is 0.392. The molecule has 0 aromatic rings. The van der Waals surface area contributed by atoms with Crippen molar-refractivity contribution >= 4 is 26.1 Å². The summed E-state index contributed by atoms with van der Waals surface area (Å²) in [7, 11) is -1.69. The van der Waals surface area contributed by atoms with Crippen molar-refractivity contribution in [1.82, 2.24) is 9.03 Å². The standard InChI is InChI=1S/C10H21BrN2O2S/c1-9(2)13(3)16(14,15)12-8-10(4-5-10)6-7-11/h9,12H,4-8H2,1-3H3. The monoisotopic (exact) mass is 312 g/mol. The highest BCUT2D eigenvalue weighted by atomic mass is 79.9. The molecular weight excluding hydrogens is 292 g/mol. The minimum atomic E-state index is -3.30. The van der Waals surface area contributed by atoms with Gasteiger partial charge in [-0.05, 0) is 38.5 Å². The predicted octanol–water partition coefficient (Wildman–Crippen LogP) is 1.73. The van der Waals surface area contributed by atoms with Crippen molar-refractivity contribution in [1.29, 1.82) is 0 Å². The fourth-order valence-corrected chi connectivity index (χ4v) is 3.60. The van der Waals surface area contributed by atoms with E-state index in [0.717, 1.165) is 24.6 Å². The molecule has 0 unspecified atom stereocenters. The van der Waals surface area contributed by atoms with Crippen molar-refractivity contribution in [3.8, 4) is 0 Å². The van der Waals surface area contributed by atoms with Crippen LogP contribution in [0.15, 0.2) is 0 Å². The van der Waals surface area contributed by atoms with E-state index in [-0.39, 0.29) is 11.5 Å². The summed E-state index contributed by atoms with van der Waals surface area (Å²) < 4.78 is 27.8. The summed E-state index contributed by atoms with van der Waals surface area (Å²) in [5, 5.41) is 0.939. The zero-order valence-electron chi connectivity index (χ0n) is 10.2. The molecule has 0 aromatic heterocycles. The molecule has 1 N–H and O–H groups in total. The molecule has 0 radical (unpaired) electrons.